The number of aliphatic hydroxyl groups is 1. The van der Waals surface area contributed by atoms with Gasteiger partial charge in [0.2, 0.25) is 0 Å². The van der Waals surface area contributed by atoms with Gasteiger partial charge in [-0.2, -0.15) is 0 Å². The number of para-hydroxylation sites is 2. The number of nitro groups is 1. The van der Waals surface area contributed by atoms with Crippen LogP contribution in [0.1, 0.15) is 0 Å². The summed E-state index contributed by atoms with van der Waals surface area (Å²) in [5, 5.41) is 26.0. The normalized spacial score (nSPS) is 12.6. The zero-order valence-electron chi connectivity index (χ0n) is 21.3. The number of anilines is 1. The van der Waals surface area contributed by atoms with Gasteiger partial charge in [-0.1, -0.05) is 72.8 Å². The summed E-state index contributed by atoms with van der Waals surface area (Å²) in [5.74, 6) is 0. The first-order valence-corrected chi connectivity index (χ1v) is 14.2. The number of hydrogen-bond donors (Lipinski definition) is 1. The Kier molecular flexibility index (Phi) is 6.45. The van der Waals surface area contributed by atoms with E-state index in [0.29, 0.717) is 10.8 Å². The summed E-state index contributed by atoms with van der Waals surface area (Å²) in [6.07, 6.45) is -1.10. The molecule has 200 valence electrons. The SMILES string of the molecule is O=[N+]([O-])c1cccc2c(N(CC(O)Cn3c4ccccc4c4ccccc43)S(=O)(=O)c3ccccc3)cccc12. The van der Waals surface area contributed by atoms with Crippen LogP contribution in [0.2, 0.25) is 0 Å². The molecule has 0 amide bonds. The molecule has 0 saturated heterocycles. The largest absolute Gasteiger partial charge is 0.389 e. The van der Waals surface area contributed by atoms with Crippen molar-refractivity contribution in [2.75, 3.05) is 10.8 Å². The Morgan fingerprint density at radius 1 is 0.725 bits per heavy atom. The van der Waals surface area contributed by atoms with Gasteiger partial charge < -0.3 is 9.67 Å². The summed E-state index contributed by atoms with van der Waals surface area (Å²) in [7, 11) is -4.14. The van der Waals surface area contributed by atoms with Crippen molar-refractivity contribution in [3.63, 3.8) is 0 Å². The van der Waals surface area contributed by atoms with Crippen LogP contribution in [0.25, 0.3) is 32.6 Å². The van der Waals surface area contributed by atoms with Crippen molar-refractivity contribution >= 4 is 54.0 Å². The van der Waals surface area contributed by atoms with Crippen LogP contribution < -0.4 is 4.31 Å². The summed E-state index contributed by atoms with van der Waals surface area (Å²) in [6.45, 7) is -0.125. The van der Waals surface area contributed by atoms with Gasteiger partial charge in [-0.25, -0.2) is 8.42 Å². The number of aliphatic hydroxyl groups excluding tert-OH is 1. The van der Waals surface area contributed by atoms with Crippen LogP contribution in [-0.2, 0) is 16.6 Å². The molecule has 9 heteroatoms. The maximum Gasteiger partial charge on any atom is 0.277 e. The highest BCUT2D eigenvalue weighted by molar-refractivity contribution is 7.92. The molecule has 6 rings (SSSR count). The Morgan fingerprint density at radius 3 is 1.93 bits per heavy atom. The number of nitrogens with zero attached hydrogens (tertiary/aromatic N) is 3. The second kappa shape index (κ2) is 10.1. The summed E-state index contributed by atoms with van der Waals surface area (Å²) in [6, 6.07) is 33.1. The van der Waals surface area contributed by atoms with E-state index in [0.717, 1.165) is 26.1 Å². The summed E-state index contributed by atoms with van der Waals surface area (Å²) in [4.78, 5) is 11.3. The molecular formula is C31H25N3O5S. The quantitative estimate of drug-likeness (QED) is 0.181. The number of sulfonamides is 1. The highest BCUT2D eigenvalue weighted by Gasteiger charge is 2.29. The number of fused-ring (bicyclic) bond motifs is 4. The van der Waals surface area contributed by atoms with Crippen LogP contribution in [0, 0.1) is 10.1 Å². The third kappa shape index (κ3) is 4.35. The first-order chi connectivity index (χ1) is 19.4. The van der Waals surface area contributed by atoms with E-state index in [4.69, 9.17) is 0 Å². The third-order valence-corrected chi connectivity index (χ3v) is 8.92. The standard InChI is InChI=1S/C31H25N3O5S/c35-22(20-32-28-16-6-4-12-24(28)25-13-5-7-17-29(25)32)21-33(40(38,39)23-10-2-1-3-11-23)30-18-8-15-27-26(30)14-9-19-31(27)34(36)37/h1-19,22,35H,20-21H2. The molecule has 40 heavy (non-hydrogen) atoms. The fourth-order valence-corrected chi connectivity index (χ4v) is 6.90. The molecule has 1 aromatic heterocycles. The number of rotatable bonds is 8. The molecule has 8 nitrogen and oxygen atoms in total. The van der Waals surface area contributed by atoms with Crippen molar-refractivity contribution in [1.82, 2.24) is 4.57 Å². The Labute approximate surface area is 230 Å². The Balaban J connectivity index is 1.47. The number of aromatic nitrogens is 1. The van der Waals surface area contributed by atoms with Gasteiger partial charge in [-0.3, -0.25) is 14.4 Å². The predicted molar refractivity (Wildman–Crippen MR) is 157 cm³/mol. The van der Waals surface area contributed by atoms with Crippen molar-refractivity contribution in [2.45, 2.75) is 17.5 Å². The molecule has 0 aliphatic rings. The lowest BCUT2D eigenvalue weighted by atomic mass is 10.1. The van der Waals surface area contributed by atoms with Crippen LogP contribution >= 0.6 is 0 Å². The number of benzene rings is 5. The molecule has 6 aromatic rings. The second-order valence-corrected chi connectivity index (χ2v) is 11.4. The Morgan fingerprint density at radius 2 is 1.27 bits per heavy atom. The van der Waals surface area contributed by atoms with Crippen molar-refractivity contribution in [3.05, 3.63) is 125 Å². The van der Waals surface area contributed by atoms with Crippen LogP contribution in [0.5, 0.6) is 0 Å². The lowest BCUT2D eigenvalue weighted by molar-refractivity contribution is -0.383. The average Bonchev–Trinajstić information content (AvgIpc) is 3.29. The molecule has 0 aliphatic heterocycles. The molecule has 0 spiro atoms. The molecule has 0 fully saturated rings. The van der Waals surface area contributed by atoms with Crippen LogP contribution in [-0.4, -0.2) is 35.7 Å². The van der Waals surface area contributed by atoms with Gasteiger partial charge in [-0.05, 0) is 36.4 Å². The minimum absolute atomic E-state index is 0.0569. The minimum Gasteiger partial charge on any atom is -0.389 e. The van der Waals surface area contributed by atoms with Gasteiger partial charge >= 0.3 is 0 Å². The molecule has 0 aliphatic carbocycles. The van der Waals surface area contributed by atoms with Gasteiger partial charge in [0.25, 0.3) is 15.7 Å². The molecule has 1 heterocycles. The molecule has 0 radical (unpaired) electrons. The van der Waals surface area contributed by atoms with Crippen molar-refractivity contribution < 1.29 is 18.4 Å². The topological polar surface area (TPSA) is 106 Å². The van der Waals surface area contributed by atoms with E-state index in [9.17, 15) is 23.6 Å². The van der Waals surface area contributed by atoms with Crippen LogP contribution in [0.3, 0.4) is 0 Å². The van der Waals surface area contributed by atoms with Crippen LogP contribution in [0.4, 0.5) is 11.4 Å². The van der Waals surface area contributed by atoms with E-state index >= 15 is 0 Å². The highest BCUT2D eigenvalue weighted by atomic mass is 32.2. The first kappa shape index (κ1) is 25.5. The highest BCUT2D eigenvalue weighted by Crippen LogP contribution is 2.36. The average molecular weight is 552 g/mol. The summed E-state index contributed by atoms with van der Waals surface area (Å²) >= 11 is 0. The molecular weight excluding hydrogens is 526 g/mol. The molecule has 1 atom stereocenters. The van der Waals surface area contributed by atoms with Gasteiger partial charge in [0, 0.05) is 33.3 Å². The zero-order valence-corrected chi connectivity index (χ0v) is 22.1. The van der Waals surface area contributed by atoms with E-state index in [1.54, 1.807) is 42.5 Å². The van der Waals surface area contributed by atoms with Gasteiger partial charge in [0.1, 0.15) is 0 Å². The maximum atomic E-state index is 14.0. The van der Waals surface area contributed by atoms with Crippen molar-refractivity contribution in [1.29, 1.82) is 0 Å². The molecule has 0 bridgehead atoms. The van der Waals surface area contributed by atoms with Crippen molar-refractivity contribution in [3.8, 4) is 0 Å². The third-order valence-electron chi connectivity index (χ3n) is 7.12. The van der Waals surface area contributed by atoms with Gasteiger partial charge in [0.05, 0.1) is 40.1 Å². The first-order valence-electron chi connectivity index (χ1n) is 12.7. The van der Waals surface area contributed by atoms with Gasteiger partial charge in [0.15, 0.2) is 0 Å². The molecule has 5 aromatic carbocycles. The van der Waals surface area contributed by atoms with E-state index in [2.05, 4.69) is 0 Å². The van der Waals surface area contributed by atoms with E-state index in [1.165, 1.54) is 24.3 Å². The fraction of sp³-hybridized carbons (Fsp3) is 0.0968. The number of non-ortho nitro benzene ring substituents is 1. The summed E-state index contributed by atoms with van der Waals surface area (Å²) in [5.41, 5.74) is 2.00. The predicted octanol–water partition coefficient (Wildman–Crippen LogP) is 6.11. The van der Waals surface area contributed by atoms with Crippen molar-refractivity contribution in [2.24, 2.45) is 0 Å². The van der Waals surface area contributed by atoms with E-state index in [-0.39, 0.29) is 29.4 Å². The molecule has 1 N–H and O–H groups in total. The zero-order chi connectivity index (χ0) is 27.9. The molecule has 0 saturated carbocycles. The summed E-state index contributed by atoms with van der Waals surface area (Å²) < 4.78 is 31.2. The van der Waals surface area contributed by atoms with E-state index in [1.807, 2.05) is 53.1 Å². The van der Waals surface area contributed by atoms with E-state index < -0.39 is 21.1 Å². The lowest BCUT2D eigenvalue weighted by Crippen LogP contribution is -2.39. The van der Waals surface area contributed by atoms with Crippen LogP contribution in [0.15, 0.2) is 120 Å². The van der Waals surface area contributed by atoms with Gasteiger partial charge in [-0.15, -0.1) is 0 Å². The Hall–Kier alpha value is -4.73. The number of nitro benzene ring substituents is 1. The lowest BCUT2D eigenvalue weighted by Gasteiger charge is -2.28. The second-order valence-electron chi connectivity index (χ2n) is 9.55. The monoisotopic (exact) mass is 551 g/mol. The maximum absolute atomic E-state index is 14.0. The molecule has 1 unspecified atom stereocenters. The smallest absolute Gasteiger partial charge is 0.277 e. The fourth-order valence-electron chi connectivity index (χ4n) is 5.36. The Bertz CT molecular complexity index is 1930. The number of hydrogen-bond acceptors (Lipinski definition) is 5. The minimum atomic E-state index is -4.14.